The predicted octanol–water partition coefficient (Wildman–Crippen LogP) is 7.18. The monoisotopic (exact) mass is 564 g/mol. The Bertz CT molecular complexity index is 1350. The van der Waals surface area contributed by atoms with Crippen LogP contribution in [0.15, 0.2) is 41.3 Å². The minimum atomic E-state index is -4.57. The van der Waals surface area contributed by atoms with E-state index in [0.29, 0.717) is 35.3 Å². The van der Waals surface area contributed by atoms with Crippen molar-refractivity contribution in [1.82, 2.24) is 0 Å². The molecule has 1 fully saturated rings. The molecule has 4 nitrogen and oxygen atoms in total. The lowest BCUT2D eigenvalue weighted by Crippen LogP contribution is -2.39. The molecule has 0 aromatic heterocycles. The second-order valence-electron chi connectivity index (χ2n) is 8.48. The summed E-state index contributed by atoms with van der Waals surface area (Å²) in [6, 6.07) is 7.75. The molecule has 3 aromatic carbocycles. The lowest BCUT2D eigenvalue weighted by atomic mass is 9.85. The SMILES string of the molecule is Fc1c(F)c(F)c(OSc2ccc3c(c2)OCCC3c2ccc(C(F)(F)F)cc2OC2COC2)c(F)c1F. The molecule has 0 saturated carbocycles. The molecule has 0 spiro atoms. The summed E-state index contributed by atoms with van der Waals surface area (Å²) in [7, 11) is 0. The maximum absolute atomic E-state index is 13.9. The summed E-state index contributed by atoms with van der Waals surface area (Å²) in [5.41, 5.74) is 0.250. The van der Waals surface area contributed by atoms with Gasteiger partial charge in [-0.2, -0.15) is 22.0 Å². The van der Waals surface area contributed by atoms with Crippen molar-refractivity contribution < 1.29 is 53.5 Å². The van der Waals surface area contributed by atoms with Gasteiger partial charge in [0.05, 0.1) is 42.3 Å². The number of hydrogen-bond acceptors (Lipinski definition) is 5. The van der Waals surface area contributed by atoms with Crippen molar-refractivity contribution in [2.45, 2.75) is 29.5 Å². The average molecular weight is 564 g/mol. The van der Waals surface area contributed by atoms with E-state index in [4.69, 9.17) is 18.4 Å². The van der Waals surface area contributed by atoms with Crippen LogP contribution < -0.4 is 13.7 Å². The van der Waals surface area contributed by atoms with E-state index in [9.17, 15) is 35.1 Å². The van der Waals surface area contributed by atoms with E-state index in [1.54, 1.807) is 6.07 Å². The van der Waals surface area contributed by atoms with Crippen LogP contribution in [0.2, 0.25) is 0 Å². The van der Waals surface area contributed by atoms with Gasteiger partial charge in [-0.3, -0.25) is 0 Å². The highest BCUT2D eigenvalue weighted by Gasteiger charge is 2.34. The zero-order valence-electron chi connectivity index (χ0n) is 19.0. The standard InChI is InChI=1S/C25H16F8O4S/c26-19-20(27)22(29)24(23(30)21(19)28)37-38-13-2-4-15-14(5-6-35-17(15)8-13)16-3-1-11(25(31,32)33)7-18(16)36-12-9-34-10-12/h1-4,7-8,12,14H,5-6,9-10H2. The molecule has 2 aliphatic rings. The van der Waals surface area contributed by atoms with Crippen LogP contribution in [0.25, 0.3) is 0 Å². The predicted molar refractivity (Wildman–Crippen MR) is 118 cm³/mol. The molecule has 0 amide bonds. The highest BCUT2D eigenvalue weighted by molar-refractivity contribution is 7.95. The number of rotatable bonds is 6. The Hall–Kier alpha value is -3.19. The van der Waals surface area contributed by atoms with Crippen molar-refractivity contribution in [3.8, 4) is 17.2 Å². The minimum absolute atomic E-state index is 0.0686. The van der Waals surface area contributed by atoms with Crippen LogP contribution in [-0.4, -0.2) is 25.9 Å². The van der Waals surface area contributed by atoms with Gasteiger partial charge >= 0.3 is 6.18 Å². The number of alkyl halides is 3. The van der Waals surface area contributed by atoms with Crippen LogP contribution in [0.5, 0.6) is 17.2 Å². The van der Waals surface area contributed by atoms with Crippen molar-refractivity contribution in [2.24, 2.45) is 0 Å². The first-order valence-electron chi connectivity index (χ1n) is 11.1. The first-order chi connectivity index (χ1) is 18.0. The quantitative estimate of drug-likeness (QED) is 0.137. The summed E-state index contributed by atoms with van der Waals surface area (Å²) >= 11 is 0.342. The molecule has 1 unspecified atom stereocenters. The number of halogens is 8. The van der Waals surface area contributed by atoms with Crippen molar-refractivity contribution in [2.75, 3.05) is 19.8 Å². The van der Waals surface area contributed by atoms with Gasteiger partial charge in [0.1, 0.15) is 17.6 Å². The Balaban J connectivity index is 1.42. The van der Waals surface area contributed by atoms with Gasteiger partial charge in [0, 0.05) is 17.0 Å². The smallest absolute Gasteiger partial charge is 0.416 e. The zero-order valence-corrected chi connectivity index (χ0v) is 19.8. The van der Waals surface area contributed by atoms with E-state index >= 15 is 0 Å². The second kappa shape index (κ2) is 10.2. The molecule has 1 saturated heterocycles. The molecule has 13 heteroatoms. The Morgan fingerprint density at radius 3 is 2.11 bits per heavy atom. The van der Waals surface area contributed by atoms with E-state index in [0.717, 1.165) is 12.1 Å². The third-order valence-electron chi connectivity index (χ3n) is 6.03. The van der Waals surface area contributed by atoms with Gasteiger partial charge in [-0.05, 0) is 30.7 Å². The van der Waals surface area contributed by atoms with Gasteiger partial charge in [-0.25, -0.2) is 13.2 Å². The van der Waals surface area contributed by atoms with Crippen LogP contribution in [0.1, 0.15) is 29.0 Å². The number of ether oxygens (including phenoxy) is 3. The van der Waals surface area contributed by atoms with Crippen LogP contribution in [-0.2, 0) is 10.9 Å². The number of fused-ring (bicyclic) bond motifs is 1. The Morgan fingerprint density at radius 1 is 0.816 bits per heavy atom. The average Bonchev–Trinajstić information content (AvgIpc) is 2.87. The van der Waals surface area contributed by atoms with Crippen LogP contribution in [0, 0.1) is 29.1 Å². The molecular formula is C25H16F8O4S. The maximum atomic E-state index is 13.9. The highest BCUT2D eigenvalue weighted by atomic mass is 32.2. The fraction of sp³-hybridized carbons (Fsp3) is 0.280. The van der Waals surface area contributed by atoms with E-state index < -0.39 is 52.5 Å². The van der Waals surface area contributed by atoms with Crippen molar-refractivity contribution in [3.63, 3.8) is 0 Å². The lowest BCUT2D eigenvalue weighted by molar-refractivity contribution is -0.138. The largest absolute Gasteiger partial charge is 0.493 e. The molecule has 0 aliphatic carbocycles. The Labute approximate surface area is 214 Å². The van der Waals surface area contributed by atoms with Crippen molar-refractivity contribution in [1.29, 1.82) is 0 Å². The Kier molecular flexibility index (Phi) is 7.07. The summed E-state index contributed by atoms with van der Waals surface area (Å²) in [6.07, 6.45) is -4.53. The second-order valence-corrected chi connectivity index (χ2v) is 9.29. The van der Waals surface area contributed by atoms with Gasteiger partial charge in [-0.1, -0.05) is 12.1 Å². The van der Waals surface area contributed by atoms with Gasteiger partial charge in [-0.15, -0.1) is 0 Å². The summed E-state index contributed by atoms with van der Waals surface area (Å²) < 4.78 is 129. The van der Waals surface area contributed by atoms with Gasteiger partial charge in [0.2, 0.25) is 34.8 Å². The van der Waals surface area contributed by atoms with E-state index in [2.05, 4.69) is 0 Å². The number of hydrogen-bond donors (Lipinski definition) is 0. The van der Waals surface area contributed by atoms with E-state index in [1.807, 2.05) is 0 Å². The Morgan fingerprint density at radius 2 is 1.47 bits per heavy atom. The highest BCUT2D eigenvalue weighted by Crippen LogP contribution is 2.45. The minimum Gasteiger partial charge on any atom is -0.493 e. The summed E-state index contributed by atoms with van der Waals surface area (Å²) in [5, 5.41) is 0. The molecule has 0 radical (unpaired) electrons. The zero-order chi connectivity index (χ0) is 27.2. The summed E-state index contributed by atoms with van der Waals surface area (Å²) in [5.74, 6) is -12.3. The molecule has 38 heavy (non-hydrogen) atoms. The van der Waals surface area contributed by atoms with E-state index in [-0.39, 0.29) is 36.6 Å². The maximum Gasteiger partial charge on any atom is 0.416 e. The van der Waals surface area contributed by atoms with Crippen molar-refractivity contribution >= 4 is 12.0 Å². The molecule has 202 valence electrons. The topological polar surface area (TPSA) is 36.9 Å². The molecule has 5 rings (SSSR count). The van der Waals surface area contributed by atoms with Gasteiger partial charge in [0.25, 0.3) is 0 Å². The molecule has 2 heterocycles. The van der Waals surface area contributed by atoms with Gasteiger partial charge in [0.15, 0.2) is 0 Å². The first-order valence-corrected chi connectivity index (χ1v) is 11.9. The molecule has 1 atom stereocenters. The molecule has 0 N–H and O–H groups in total. The van der Waals surface area contributed by atoms with Crippen LogP contribution in [0.3, 0.4) is 0 Å². The molecule has 3 aromatic rings. The first kappa shape index (κ1) is 26.4. The van der Waals surface area contributed by atoms with Crippen molar-refractivity contribution in [3.05, 3.63) is 82.2 Å². The van der Waals surface area contributed by atoms with Crippen LogP contribution >= 0.6 is 12.0 Å². The third kappa shape index (κ3) is 4.96. The van der Waals surface area contributed by atoms with E-state index in [1.165, 1.54) is 18.2 Å². The fourth-order valence-electron chi connectivity index (χ4n) is 4.05. The number of benzene rings is 3. The normalized spacial score (nSPS) is 17.4. The molecule has 0 bridgehead atoms. The summed E-state index contributed by atoms with van der Waals surface area (Å²) in [6.45, 7) is 0.699. The fourth-order valence-corrected chi connectivity index (χ4v) is 4.66. The van der Waals surface area contributed by atoms with Crippen LogP contribution in [0.4, 0.5) is 35.1 Å². The lowest BCUT2D eigenvalue weighted by Gasteiger charge is -2.31. The third-order valence-corrected chi connectivity index (χ3v) is 6.73. The summed E-state index contributed by atoms with van der Waals surface area (Å²) in [4.78, 5) is 0.212. The van der Waals surface area contributed by atoms with Gasteiger partial charge < -0.3 is 18.4 Å². The molecule has 2 aliphatic heterocycles. The molecular weight excluding hydrogens is 548 g/mol.